The standard InChI is InChI=1S/C16H18FNO2/c1-13(11-14-5-3-2-4-6-14)12-15(17)16(19)18-7-9-20-10-8-18/h2-6,11-12H,7-10H2,1H3/b13-11+,15-12-. The summed E-state index contributed by atoms with van der Waals surface area (Å²) in [7, 11) is 0. The SMILES string of the molecule is CC(/C=C(\F)C(=O)N1CCOCC1)=C\c1ccccc1. The number of benzene rings is 1. The van der Waals surface area contributed by atoms with E-state index < -0.39 is 11.7 Å². The zero-order chi connectivity index (χ0) is 14.4. The van der Waals surface area contributed by atoms with E-state index in [9.17, 15) is 9.18 Å². The number of carbonyl (C=O) groups excluding carboxylic acids is 1. The Morgan fingerprint density at radius 1 is 1.25 bits per heavy atom. The molecule has 0 atom stereocenters. The molecule has 4 heteroatoms. The number of nitrogens with zero attached hydrogens (tertiary/aromatic N) is 1. The monoisotopic (exact) mass is 275 g/mol. The van der Waals surface area contributed by atoms with E-state index in [1.165, 1.54) is 11.0 Å². The number of carbonyl (C=O) groups is 1. The van der Waals surface area contributed by atoms with Crippen LogP contribution in [0.4, 0.5) is 4.39 Å². The second kappa shape index (κ2) is 7.01. The van der Waals surface area contributed by atoms with Gasteiger partial charge in [0.15, 0.2) is 5.83 Å². The van der Waals surface area contributed by atoms with Gasteiger partial charge in [0.2, 0.25) is 0 Å². The fourth-order valence-electron chi connectivity index (χ4n) is 2.03. The zero-order valence-corrected chi connectivity index (χ0v) is 11.5. The highest BCUT2D eigenvalue weighted by atomic mass is 19.1. The molecule has 0 spiro atoms. The lowest BCUT2D eigenvalue weighted by molar-refractivity contribution is -0.132. The highest BCUT2D eigenvalue weighted by molar-refractivity contribution is 5.92. The van der Waals surface area contributed by atoms with Crippen LogP contribution in [0.15, 0.2) is 47.8 Å². The summed E-state index contributed by atoms with van der Waals surface area (Å²) in [5.74, 6) is -1.29. The van der Waals surface area contributed by atoms with Gasteiger partial charge in [-0.2, -0.15) is 0 Å². The van der Waals surface area contributed by atoms with Crippen molar-refractivity contribution in [1.29, 1.82) is 0 Å². The lowest BCUT2D eigenvalue weighted by Crippen LogP contribution is -2.40. The molecular weight excluding hydrogens is 257 g/mol. The van der Waals surface area contributed by atoms with Gasteiger partial charge in [-0.05, 0) is 24.1 Å². The molecule has 1 saturated heterocycles. The molecule has 1 aliphatic heterocycles. The molecule has 1 amide bonds. The molecule has 20 heavy (non-hydrogen) atoms. The first-order valence-corrected chi connectivity index (χ1v) is 6.64. The van der Waals surface area contributed by atoms with E-state index >= 15 is 0 Å². The lowest BCUT2D eigenvalue weighted by atomic mass is 10.1. The third-order valence-corrected chi connectivity index (χ3v) is 3.05. The minimum atomic E-state index is -0.725. The molecule has 1 aromatic rings. The van der Waals surface area contributed by atoms with Crippen molar-refractivity contribution in [2.75, 3.05) is 26.3 Å². The normalized spacial score (nSPS) is 17.2. The molecule has 0 saturated carbocycles. The average molecular weight is 275 g/mol. The van der Waals surface area contributed by atoms with Crippen LogP contribution in [0.1, 0.15) is 12.5 Å². The fourth-order valence-corrected chi connectivity index (χ4v) is 2.03. The summed E-state index contributed by atoms with van der Waals surface area (Å²) in [6, 6.07) is 9.61. The van der Waals surface area contributed by atoms with Gasteiger partial charge in [0, 0.05) is 13.1 Å². The number of hydrogen-bond donors (Lipinski definition) is 0. The summed E-state index contributed by atoms with van der Waals surface area (Å²) in [6.45, 7) is 3.61. The van der Waals surface area contributed by atoms with Gasteiger partial charge < -0.3 is 9.64 Å². The first kappa shape index (κ1) is 14.5. The Kier molecular flexibility index (Phi) is 5.07. The third kappa shape index (κ3) is 4.03. The van der Waals surface area contributed by atoms with Gasteiger partial charge in [0.25, 0.3) is 5.91 Å². The highest BCUT2D eigenvalue weighted by Crippen LogP contribution is 2.12. The minimum Gasteiger partial charge on any atom is -0.378 e. The van der Waals surface area contributed by atoms with Crippen molar-refractivity contribution >= 4 is 12.0 Å². The maximum absolute atomic E-state index is 13.9. The van der Waals surface area contributed by atoms with E-state index in [1.54, 1.807) is 6.92 Å². The summed E-state index contributed by atoms with van der Waals surface area (Å²) < 4.78 is 19.1. The van der Waals surface area contributed by atoms with Gasteiger partial charge in [-0.3, -0.25) is 4.79 Å². The van der Waals surface area contributed by atoms with Crippen LogP contribution >= 0.6 is 0 Å². The van der Waals surface area contributed by atoms with E-state index in [0.29, 0.717) is 31.9 Å². The van der Waals surface area contributed by atoms with E-state index in [0.717, 1.165) is 5.56 Å². The third-order valence-electron chi connectivity index (χ3n) is 3.05. The van der Waals surface area contributed by atoms with Gasteiger partial charge >= 0.3 is 0 Å². The van der Waals surface area contributed by atoms with Gasteiger partial charge in [-0.25, -0.2) is 4.39 Å². The Labute approximate surface area is 118 Å². The second-order valence-electron chi connectivity index (χ2n) is 4.70. The number of morpholine rings is 1. The van der Waals surface area contributed by atoms with Crippen molar-refractivity contribution in [3.05, 3.63) is 53.4 Å². The molecule has 1 aliphatic rings. The Bertz CT molecular complexity index is 517. The predicted molar refractivity (Wildman–Crippen MR) is 76.7 cm³/mol. The molecule has 0 bridgehead atoms. The number of amides is 1. The lowest BCUT2D eigenvalue weighted by Gasteiger charge is -2.26. The quantitative estimate of drug-likeness (QED) is 0.627. The van der Waals surface area contributed by atoms with Gasteiger partial charge in [0.05, 0.1) is 13.2 Å². The Hall–Kier alpha value is -1.94. The fraction of sp³-hybridized carbons (Fsp3) is 0.312. The van der Waals surface area contributed by atoms with E-state index in [-0.39, 0.29) is 0 Å². The summed E-state index contributed by atoms with van der Waals surface area (Å²) in [5.41, 5.74) is 1.68. The molecule has 106 valence electrons. The Morgan fingerprint density at radius 3 is 2.55 bits per heavy atom. The van der Waals surface area contributed by atoms with Gasteiger partial charge in [-0.1, -0.05) is 36.4 Å². The second-order valence-corrected chi connectivity index (χ2v) is 4.70. The molecule has 1 fully saturated rings. The van der Waals surface area contributed by atoms with Gasteiger partial charge in [-0.15, -0.1) is 0 Å². The van der Waals surface area contributed by atoms with Crippen molar-refractivity contribution in [3.8, 4) is 0 Å². The van der Waals surface area contributed by atoms with E-state index in [1.807, 2.05) is 36.4 Å². The molecule has 0 unspecified atom stereocenters. The molecule has 2 rings (SSSR count). The number of allylic oxidation sites excluding steroid dienone is 2. The average Bonchev–Trinajstić information content (AvgIpc) is 2.48. The largest absolute Gasteiger partial charge is 0.378 e. The van der Waals surface area contributed by atoms with Crippen LogP contribution in [-0.2, 0) is 9.53 Å². The molecule has 3 nitrogen and oxygen atoms in total. The number of hydrogen-bond acceptors (Lipinski definition) is 2. The maximum Gasteiger partial charge on any atom is 0.282 e. The summed E-state index contributed by atoms with van der Waals surface area (Å²) in [5, 5.41) is 0. The first-order chi connectivity index (χ1) is 9.66. The molecule has 0 radical (unpaired) electrons. The zero-order valence-electron chi connectivity index (χ0n) is 11.5. The van der Waals surface area contributed by atoms with Crippen molar-refractivity contribution in [2.24, 2.45) is 0 Å². The van der Waals surface area contributed by atoms with Crippen molar-refractivity contribution in [1.82, 2.24) is 4.90 Å². The van der Waals surface area contributed by atoms with Crippen LogP contribution in [0.5, 0.6) is 0 Å². The van der Waals surface area contributed by atoms with Crippen LogP contribution in [0.3, 0.4) is 0 Å². The minimum absolute atomic E-state index is 0.446. The molecular formula is C16H18FNO2. The van der Waals surface area contributed by atoms with Crippen molar-refractivity contribution < 1.29 is 13.9 Å². The Balaban J connectivity index is 2.05. The summed E-state index contributed by atoms with van der Waals surface area (Å²) in [4.78, 5) is 13.4. The van der Waals surface area contributed by atoms with Crippen LogP contribution in [0.25, 0.3) is 6.08 Å². The highest BCUT2D eigenvalue weighted by Gasteiger charge is 2.20. The molecule has 0 aliphatic carbocycles. The van der Waals surface area contributed by atoms with E-state index in [4.69, 9.17) is 4.74 Å². The molecule has 0 N–H and O–H groups in total. The summed E-state index contributed by atoms with van der Waals surface area (Å²) >= 11 is 0. The molecule has 0 aromatic heterocycles. The maximum atomic E-state index is 13.9. The van der Waals surface area contributed by atoms with Crippen LogP contribution in [-0.4, -0.2) is 37.1 Å². The topological polar surface area (TPSA) is 29.5 Å². The molecule has 1 aromatic carbocycles. The van der Waals surface area contributed by atoms with E-state index in [2.05, 4.69) is 0 Å². The molecule has 1 heterocycles. The smallest absolute Gasteiger partial charge is 0.282 e. The number of ether oxygens (including phenoxy) is 1. The summed E-state index contributed by atoms with van der Waals surface area (Å²) in [6.07, 6.45) is 3.12. The predicted octanol–water partition coefficient (Wildman–Crippen LogP) is 2.80. The first-order valence-electron chi connectivity index (χ1n) is 6.64. The van der Waals surface area contributed by atoms with Crippen LogP contribution < -0.4 is 0 Å². The Morgan fingerprint density at radius 2 is 1.90 bits per heavy atom. The van der Waals surface area contributed by atoms with Crippen LogP contribution in [0, 0.1) is 0 Å². The van der Waals surface area contributed by atoms with Gasteiger partial charge in [0.1, 0.15) is 0 Å². The number of rotatable bonds is 3. The van der Waals surface area contributed by atoms with Crippen LogP contribution in [0.2, 0.25) is 0 Å². The van der Waals surface area contributed by atoms with Crippen molar-refractivity contribution in [3.63, 3.8) is 0 Å². The number of halogens is 1. The van der Waals surface area contributed by atoms with Crippen molar-refractivity contribution in [2.45, 2.75) is 6.92 Å².